The second-order valence-electron chi connectivity index (χ2n) is 9.23. The Morgan fingerprint density at radius 3 is 1.78 bits per heavy atom. The van der Waals surface area contributed by atoms with Crippen LogP contribution in [-0.4, -0.2) is 83.8 Å². The smallest absolute Gasteiger partial charge is 0.870 e. The van der Waals surface area contributed by atoms with Gasteiger partial charge in [0.1, 0.15) is 23.8 Å². The van der Waals surface area contributed by atoms with Crippen molar-refractivity contribution in [3.8, 4) is 12.1 Å². The molecule has 0 amide bonds. The Labute approximate surface area is 250 Å². The molecule has 214 valence electrons. The molecular formula is C27H33LiN6O7. The molecule has 0 aliphatic carbocycles. The summed E-state index contributed by atoms with van der Waals surface area (Å²) in [6.45, 7) is 3.36. The molecule has 3 aliphatic rings. The number of ether oxygens (including phenoxy) is 2. The van der Waals surface area contributed by atoms with Gasteiger partial charge in [-0.15, -0.1) is 0 Å². The third kappa shape index (κ3) is 10.7. The predicted molar refractivity (Wildman–Crippen MR) is 141 cm³/mol. The molecule has 13 nitrogen and oxygen atoms in total. The van der Waals surface area contributed by atoms with Gasteiger partial charge in [0, 0.05) is 51.6 Å². The summed E-state index contributed by atoms with van der Waals surface area (Å²) in [5, 5.41) is 34.7. The van der Waals surface area contributed by atoms with E-state index in [1.54, 1.807) is 30.5 Å². The molecule has 5 rings (SSSR count). The van der Waals surface area contributed by atoms with Gasteiger partial charge >= 0.3 is 30.8 Å². The Morgan fingerprint density at radius 1 is 0.951 bits per heavy atom. The minimum Gasteiger partial charge on any atom is -0.870 e. The van der Waals surface area contributed by atoms with Gasteiger partial charge in [-0.1, -0.05) is 0 Å². The number of aliphatic hydroxyl groups excluding tert-OH is 1. The van der Waals surface area contributed by atoms with E-state index in [0.717, 1.165) is 44.0 Å². The number of hydrogen-bond donors (Lipinski definition) is 2. The van der Waals surface area contributed by atoms with Crippen LogP contribution in [0, 0.1) is 34.5 Å². The average molecular weight is 561 g/mol. The maximum absolute atomic E-state index is 11.4. The van der Waals surface area contributed by atoms with E-state index in [-0.39, 0.29) is 42.1 Å². The monoisotopic (exact) mass is 560 g/mol. The van der Waals surface area contributed by atoms with Gasteiger partial charge in [-0.2, -0.15) is 10.5 Å². The molecule has 0 saturated carbocycles. The van der Waals surface area contributed by atoms with Crippen LogP contribution < -0.4 is 28.7 Å². The second-order valence-corrected chi connectivity index (χ2v) is 9.23. The maximum atomic E-state index is 11.4. The minimum absolute atomic E-state index is 0. The van der Waals surface area contributed by atoms with Gasteiger partial charge in [-0.3, -0.25) is 9.59 Å². The van der Waals surface area contributed by atoms with Gasteiger partial charge in [0.25, 0.3) is 0 Å². The van der Waals surface area contributed by atoms with Gasteiger partial charge in [0.15, 0.2) is 6.29 Å². The fourth-order valence-electron chi connectivity index (χ4n) is 4.34. The first kappa shape index (κ1) is 35.3. The van der Waals surface area contributed by atoms with Crippen LogP contribution in [0.15, 0.2) is 36.7 Å². The molecule has 41 heavy (non-hydrogen) atoms. The molecule has 14 heteroatoms. The molecule has 5 heterocycles. The number of pyridine rings is 2. The van der Waals surface area contributed by atoms with Crippen LogP contribution >= 0.6 is 0 Å². The number of carboxylic acid groups (broad SMARTS) is 1. The van der Waals surface area contributed by atoms with E-state index in [0.29, 0.717) is 37.2 Å². The number of nitrogens with zero attached hydrogens (tertiary/aromatic N) is 6. The number of carbonyl (C=O) groups excluding carboxylic acids is 1. The Balaban J connectivity index is 0.000000328. The first-order valence-corrected chi connectivity index (χ1v) is 12.7. The molecule has 3 saturated heterocycles. The Hall–Kier alpha value is -3.70. The van der Waals surface area contributed by atoms with Crippen LogP contribution in [0.1, 0.15) is 36.8 Å². The van der Waals surface area contributed by atoms with Crippen LogP contribution in [0.3, 0.4) is 0 Å². The Bertz CT molecular complexity index is 1180. The number of methoxy groups -OCH3 is 1. The number of anilines is 2. The number of carbonyl (C=O) groups is 2. The summed E-state index contributed by atoms with van der Waals surface area (Å²) in [7, 11) is 1.41. The minimum atomic E-state index is -0.754. The van der Waals surface area contributed by atoms with Crippen molar-refractivity contribution >= 4 is 23.6 Å². The predicted octanol–water partition coefficient (Wildman–Crippen LogP) is -1.24. The molecule has 0 spiro atoms. The number of aromatic nitrogens is 2. The third-order valence-corrected chi connectivity index (χ3v) is 6.57. The summed E-state index contributed by atoms with van der Waals surface area (Å²) >= 11 is 0. The molecule has 3 aliphatic heterocycles. The topological polar surface area (TPSA) is 203 Å². The molecule has 3 atom stereocenters. The molecule has 0 aromatic carbocycles. The van der Waals surface area contributed by atoms with E-state index in [1.807, 2.05) is 21.9 Å². The zero-order valence-electron chi connectivity index (χ0n) is 23.2. The Morgan fingerprint density at radius 2 is 1.46 bits per heavy atom. The molecule has 3 unspecified atom stereocenters. The second kappa shape index (κ2) is 17.9. The summed E-state index contributed by atoms with van der Waals surface area (Å²) < 4.78 is 9.43. The van der Waals surface area contributed by atoms with Crippen molar-refractivity contribution in [1.29, 1.82) is 10.5 Å². The molecule has 2 aromatic rings. The largest absolute Gasteiger partial charge is 1.00 e. The van der Waals surface area contributed by atoms with E-state index in [1.165, 1.54) is 13.3 Å². The van der Waals surface area contributed by atoms with Crippen LogP contribution in [0.4, 0.5) is 11.6 Å². The number of nitriles is 2. The zero-order chi connectivity index (χ0) is 28.2. The number of aliphatic hydroxyl groups is 1. The van der Waals surface area contributed by atoms with Gasteiger partial charge in [-0.05, 0) is 43.5 Å². The number of aliphatic carboxylic acids is 1. The number of rotatable bonds is 4. The number of esters is 1. The van der Waals surface area contributed by atoms with Gasteiger partial charge in [0.05, 0.1) is 30.1 Å². The molecule has 2 aromatic heterocycles. The van der Waals surface area contributed by atoms with E-state index in [2.05, 4.69) is 9.97 Å². The summed E-state index contributed by atoms with van der Waals surface area (Å²) in [4.78, 5) is 34.5. The van der Waals surface area contributed by atoms with Crippen molar-refractivity contribution in [2.75, 3.05) is 49.7 Å². The van der Waals surface area contributed by atoms with Crippen LogP contribution in [0.2, 0.25) is 0 Å². The van der Waals surface area contributed by atoms with E-state index in [4.69, 9.17) is 30.2 Å². The first-order chi connectivity index (χ1) is 18.8. The average Bonchev–Trinajstić information content (AvgIpc) is 3.76. The van der Waals surface area contributed by atoms with Gasteiger partial charge in [0.2, 0.25) is 0 Å². The number of hydrogen-bond acceptors (Lipinski definition) is 12. The SMILES string of the molecule is COC(=O)C1CCN(c2ccc(C#N)cn2)C1.N#Cc1ccc(N2CCC(C(=O)O)C2)nc1.OC1CCCO1.[Li+].[OH-]. The van der Waals surface area contributed by atoms with E-state index >= 15 is 0 Å². The van der Waals surface area contributed by atoms with Crippen LogP contribution in [-0.2, 0) is 19.1 Å². The molecule has 0 bridgehead atoms. The Kier molecular flexibility index (Phi) is 15.4. The quantitative estimate of drug-likeness (QED) is 0.332. The summed E-state index contributed by atoms with van der Waals surface area (Å²) in [5.41, 5.74) is 1.05. The molecular weight excluding hydrogens is 527 g/mol. The first-order valence-electron chi connectivity index (χ1n) is 12.7. The van der Waals surface area contributed by atoms with Gasteiger partial charge < -0.3 is 35.0 Å². The van der Waals surface area contributed by atoms with Crippen LogP contribution in [0.25, 0.3) is 0 Å². The number of carboxylic acids is 1. The van der Waals surface area contributed by atoms with Crippen molar-refractivity contribution in [2.24, 2.45) is 11.8 Å². The van der Waals surface area contributed by atoms with Crippen molar-refractivity contribution in [1.82, 2.24) is 9.97 Å². The summed E-state index contributed by atoms with van der Waals surface area (Å²) in [6.07, 6.45) is 5.86. The zero-order valence-corrected chi connectivity index (χ0v) is 23.2. The fraction of sp³-hybridized carbons (Fsp3) is 0.481. The molecule has 0 radical (unpaired) electrons. The van der Waals surface area contributed by atoms with E-state index in [9.17, 15) is 9.59 Å². The normalized spacial score (nSPS) is 20.4. The van der Waals surface area contributed by atoms with Crippen molar-refractivity contribution in [2.45, 2.75) is 32.0 Å². The standard InChI is InChI=1S/C12H13N3O2.C11H11N3O2.C4H8O2.Li.H2O/c1-17-12(16)10-4-5-15(8-10)11-3-2-9(6-13)7-14-11;12-5-8-1-2-10(13-6-8)14-4-3-9(7-14)11(15)16;5-4-2-1-3-6-4;;/h2-3,7,10H,4-5,8H2,1H3;1-2,6,9H,3-4,7H2,(H,15,16);4-5H,1-3H2;;1H2/q;;;+1;/p-1. The van der Waals surface area contributed by atoms with Gasteiger partial charge in [-0.25, -0.2) is 9.97 Å². The summed E-state index contributed by atoms with van der Waals surface area (Å²) in [5.74, 6) is 0.241. The van der Waals surface area contributed by atoms with Crippen molar-refractivity contribution in [3.63, 3.8) is 0 Å². The van der Waals surface area contributed by atoms with E-state index < -0.39 is 12.3 Å². The van der Waals surface area contributed by atoms with Crippen molar-refractivity contribution in [3.05, 3.63) is 47.8 Å². The van der Waals surface area contributed by atoms with Crippen LogP contribution in [0.5, 0.6) is 0 Å². The fourth-order valence-corrected chi connectivity index (χ4v) is 4.34. The van der Waals surface area contributed by atoms with Crippen molar-refractivity contribution < 1.29 is 53.6 Å². The third-order valence-electron chi connectivity index (χ3n) is 6.57. The molecule has 3 fully saturated rings. The maximum Gasteiger partial charge on any atom is 1.00 e. The summed E-state index contributed by atoms with van der Waals surface area (Å²) in [6, 6.07) is 11.0. The molecule has 3 N–H and O–H groups in total.